The maximum atomic E-state index is 13.6. The molecule has 2 aromatic carbocycles. The minimum absolute atomic E-state index is 0.0416. The largest absolute Gasteiger partial charge is 0.487 e. The van der Waals surface area contributed by atoms with E-state index in [0.29, 0.717) is 31.8 Å². The minimum atomic E-state index is -4.52. The number of carbonyl (C=O) groups excluding carboxylic acids is 1. The van der Waals surface area contributed by atoms with Crippen LogP contribution in [0.1, 0.15) is 77.6 Å². The summed E-state index contributed by atoms with van der Waals surface area (Å²) < 4.78 is 47.4. The fraction of sp³-hybridized carbons (Fsp3) is 0.517. The number of benzene rings is 2. The van der Waals surface area contributed by atoms with Gasteiger partial charge in [-0.2, -0.15) is 13.2 Å². The zero-order chi connectivity index (χ0) is 27.2. The molecule has 3 N–H and O–H groups in total. The van der Waals surface area contributed by atoms with Crippen LogP contribution in [0.4, 0.5) is 13.2 Å². The normalized spacial score (nSPS) is 20.8. The van der Waals surface area contributed by atoms with Crippen LogP contribution in [0.5, 0.6) is 5.75 Å². The lowest BCUT2D eigenvalue weighted by atomic mass is 9.80. The van der Waals surface area contributed by atoms with Gasteiger partial charge in [-0.05, 0) is 91.3 Å². The van der Waals surface area contributed by atoms with Crippen molar-refractivity contribution in [1.29, 1.82) is 0 Å². The highest BCUT2D eigenvalue weighted by Gasteiger charge is 2.42. The van der Waals surface area contributed by atoms with Gasteiger partial charge >= 0.3 is 12.1 Å². The molecular weight excluding hydrogens is 497 g/mol. The minimum Gasteiger partial charge on any atom is -0.487 e. The van der Waals surface area contributed by atoms with E-state index < -0.39 is 35.1 Å². The lowest BCUT2D eigenvalue weighted by molar-refractivity contribution is -0.142. The van der Waals surface area contributed by atoms with Gasteiger partial charge in [0.2, 0.25) is 5.91 Å². The topological polar surface area (TPSA) is 92.9 Å². The molecule has 6 nitrogen and oxygen atoms in total. The third kappa shape index (κ3) is 5.39. The fourth-order valence-corrected chi connectivity index (χ4v) is 6.17. The van der Waals surface area contributed by atoms with Gasteiger partial charge in [-0.15, -0.1) is 0 Å². The number of carboxylic acids is 1. The van der Waals surface area contributed by atoms with E-state index >= 15 is 0 Å². The van der Waals surface area contributed by atoms with E-state index in [1.165, 1.54) is 6.07 Å². The Balaban J connectivity index is 1.30. The third-order valence-electron chi connectivity index (χ3n) is 8.57. The molecule has 204 valence electrons. The summed E-state index contributed by atoms with van der Waals surface area (Å²) in [6.07, 6.45) is 0.576. The van der Waals surface area contributed by atoms with Crippen LogP contribution in [0.2, 0.25) is 0 Å². The smallest absolute Gasteiger partial charge is 0.416 e. The standard InChI is InChI=1S/C29H33F3N2O4/c1-17(27(36)37)25(19-3-4-19)20-5-2-18-8-9-28(38-24(18)15-20)10-12-34(13-11-28)16-22-14-21(26(33)35)6-7-23(22)29(30,31)32/h2,5-7,14-15,17,19,25H,3-4,8-13,16H2,1H3,(H2,33,35)(H,36,37)/t17-,25-/m0/s1. The molecule has 1 amide bonds. The van der Waals surface area contributed by atoms with Crippen LogP contribution in [0.25, 0.3) is 0 Å². The second-order valence-electron chi connectivity index (χ2n) is 11.2. The Kier molecular flexibility index (Phi) is 6.92. The number of primary amides is 1. The van der Waals surface area contributed by atoms with Gasteiger partial charge in [0, 0.05) is 25.2 Å². The van der Waals surface area contributed by atoms with E-state index in [1.807, 2.05) is 17.0 Å². The van der Waals surface area contributed by atoms with Crippen molar-refractivity contribution >= 4 is 11.9 Å². The molecular formula is C29H33F3N2O4. The summed E-state index contributed by atoms with van der Waals surface area (Å²) in [5.74, 6) is -0.878. The molecule has 3 aliphatic rings. The third-order valence-corrected chi connectivity index (χ3v) is 8.57. The Hall–Kier alpha value is -3.07. The summed E-state index contributed by atoms with van der Waals surface area (Å²) in [5, 5.41) is 9.64. The average Bonchev–Trinajstić information content (AvgIpc) is 3.70. The highest BCUT2D eigenvalue weighted by molar-refractivity contribution is 5.93. The first-order valence-electron chi connectivity index (χ1n) is 13.2. The first-order valence-corrected chi connectivity index (χ1v) is 13.2. The molecule has 0 radical (unpaired) electrons. The number of fused-ring (bicyclic) bond motifs is 1. The van der Waals surface area contributed by atoms with Crippen molar-refractivity contribution in [3.63, 3.8) is 0 Å². The van der Waals surface area contributed by atoms with E-state index in [2.05, 4.69) is 6.07 Å². The molecule has 0 unspecified atom stereocenters. The number of hydrogen-bond donors (Lipinski definition) is 2. The van der Waals surface area contributed by atoms with Crippen molar-refractivity contribution < 1.29 is 32.6 Å². The Labute approximate surface area is 220 Å². The highest BCUT2D eigenvalue weighted by Crippen LogP contribution is 2.49. The van der Waals surface area contributed by atoms with Crippen molar-refractivity contribution in [2.75, 3.05) is 13.1 Å². The first-order chi connectivity index (χ1) is 18.0. The van der Waals surface area contributed by atoms with Gasteiger partial charge < -0.3 is 15.6 Å². The van der Waals surface area contributed by atoms with E-state index in [9.17, 15) is 27.9 Å². The van der Waals surface area contributed by atoms with Gasteiger partial charge in [0.15, 0.2) is 0 Å². The molecule has 1 saturated carbocycles. The van der Waals surface area contributed by atoms with Crippen LogP contribution < -0.4 is 10.5 Å². The summed E-state index contributed by atoms with van der Waals surface area (Å²) >= 11 is 0. The van der Waals surface area contributed by atoms with Gasteiger partial charge in [0.05, 0.1) is 11.5 Å². The molecule has 2 atom stereocenters. The molecule has 1 saturated heterocycles. The van der Waals surface area contributed by atoms with Crippen LogP contribution in [0, 0.1) is 11.8 Å². The lowest BCUT2D eigenvalue weighted by Crippen LogP contribution is -2.49. The number of likely N-dealkylation sites (tertiary alicyclic amines) is 1. The first kappa shape index (κ1) is 26.5. The summed E-state index contributed by atoms with van der Waals surface area (Å²) in [4.78, 5) is 25.3. The van der Waals surface area contributed by atoms with Crippen LogP contribution in [-0.4, -0.2) is 40.6 Å². The number of halogens is 3. The van der Waals surface area contributed by atoms with E-state index in [0.717, 1.165) is 54.7 Å². The summed E-state index contributed by atoms with van der Waals surface area (Å²) in [7, 11) is 0. The van der Waals surface area contributed by atoms with Crippen molar-refractivity contribution in [3.8, 4) is 5.75 Å². The van der Waals surface area contributed by atoms with Gasteiger partial charge in [-0.1, -0.05) is 19.1 Å². The molecule has 2 heterocycles. The van der Waals surface area contributed by atoms with Gasteiger partial charge in [-0.3, -0.25) is 14.5 Å². The zero-order valence-corrected chi connectivity index (χ0v) is 21.4. The van der Waals surface area contributed by atoms with Crippen LogP contribution in [0.3, 0.4) is 0 Å². The Bertz CT molecular complexity index is 1230. The number of carbonyl (C=O) groups is 2. The number of hydrogen-bond acceptors (Lipinski definition) is 4. The molecule has 2 aliphatic heterocycles. The number of ether oxygens (including phenoxy) is 1. The van der Waals surface area contributed by atoms with Crippen molar-refractivity contribution in [2.24, 2.45) is 17.6 Å². The lowest BCUT2D eigenvalue weighted by Gasteiger charge is -2.45. The van der Waals surface area contributed by atoms with E-state index in [-0.39, 0.29) is 23.6 Å². The average molecular weight is 531 g/mol. The van der Waals surface area contributed by atoms with Crippen molar-refractivity contribution in [3.05, 3.63) is 64.2 Å². The molecule has 2 aromatic rings. The Morgan fingerprint density at radius 2 is 1.84 bits per heavy atom. The SMILES string of the molecule is C[C@H](C(=O)O)[C@H](c1ccc2c(c1)OC1(CC2)CCN(Cc2cc(C(N)=O)ccc2C(F)(F)F)CC1)C1CC1. The van der Waals surface area contributed by atoms with Gasteiger partial charge in [-0.25, -0.2) is 0 Å². The number of carboxylic acid groups (broad SMARTS) is 1. The summed E-state index contributed by atoms with van der Waals surface area (Å²) in [5.41, 5.74) is 6.38. The number of nitrogens with two attached hydrogens (primary N) is 1. The fourth-order valence-electron chi connectivity index (χ4n) is 6.17. The molecule has 5 rings (SSSR count). The van der Waals surface area contributed by atoms with Crippen LogP contribution in [-0.2, 0) is 23.9 Å². The molecule has 38 heavy (non-hydrogen) atoms. The number of aliphatic carboxylic acids is 1. The molecule has 0 bridgehead atoms. The van der Waals surface area contributed by atoms with Crippen LogP contribution in [0.15, 0.2) is 36.4 Å². The number of nitrogens with zero attached hydrogens (tertiary/aromatic N) is 1. The monoisotopic (exact) mass is 530 g/mol. The van der Waals surface area contributed by atoms with E-state index in [4.69, 9.17) is 10.5 Å². The zero-order valence-electron chi connectivity index (χ0n) is 21.4. The maximum Gasteiger partial charge on any atom is 0.416 e. The second-order valence-corrected chi connectivity index (χ2v) is 11.2. The molecule has 2 fully saturated rings. The number of piperidine rings is 1. The summed E-state index contributed by atoms with van der Waals surface area (Å²) in [6.45, 7) is 2.97. The van der Waals surface area contributed by atoms with Crippen LogP contribution >= 0.6 is 0 Å². The maximum absolute atomic E-state index is 13.6. The Morgan fingerprint density at radius 3 is 2.45 bits per heavy atom. The predicted octanol–water partition coefficient (Wildman–Crippen LogP) is 5.38. The number of aryl methyl sites for hydroxylation is 1. The molecule has 1 aliphatic carbocycles. The van der Waals surface area contributed by atoms with Gasteiger partial charge in [0.25, 0.3) is 0 Å². The quantitative estimate of drug-likeness (QED) is 0.502. The second kappa shape index (κ2) is 9.91. The van der Waals surface area contributed by atoms with E-state index in [1.54, 1.807) is 6.92 Å². The van der Waals surface area contributed by atoms with Crippen molar-refractivity contribution in [1.82, 2.24) is 4.90 Å². The Morgan fingerprint density at radius 1 is 1.13 bits per heavy atom. The number of rotatable bonds is 7. The van der Waals surface area contributed by atoms with Crippen molar-refractivity contribution in [2.45, 2.75) is 69.7 Å². The predicted molar refractivity (Wildman–Crippen MR) is 135 cm³/mol. The number of amides is 1. The summed E-state index contributed by atoms with van der Waals surface area (Å²) in [6, 6.07) is 9.42. The number of alkyl halides is 3. The highest BCUT2D eigenvalue weighted by atomic mass is 19.4. The molecule has 9 heteroatoms. The van der Waals surface area contributed by atoms with Gasteiger partial charge in [0.1, 0.15) is 11.4 Å². The molecule has 1 spiro atoms. The molecule has 0 aromatic heterocycles.